The molecule has 169 valence electrons. The smallest absolute Gasteiger partial charge is 0.155 e. The van der Waals surface area contributed by atoms with E-state index >= 15 is 0 Å². The van der Waals surface area contributed by atoms with Crippen LogP contribution in [0.25, 0.3) is 33.3 Å². The quantitative estimate of drug-likeness (QED) is 0.161. The first-order valence-electron chi connectivity index (χ1n) is 10.5. The molecule has 0 unspecified atom stereocenters. The fourth-order valence-corrected chi connectivity index (χ4v) is 4.31. The summed E-state index contributed by atoms with van der Waals surface area (Å²) in [5, 5.41) is 10.9. The monoisotopic (exact) mass is 614 g/mol. The van der Waals surface area contributed by atoms with Crippen molar-refractivity contribution in [3.63, 3.8) is 0 Å². The van der Waals surface area contributed by atoms with Gasteiger partial charge in [0.05, 0.1) is 11.5 Å². The largest absolute Gasteiger partial charge is 0.512 e. The number of benzene rings is 3. The van der Waals surface area contributed by atoms with Gasteiger partial charge in [-0.25, -0.2) is 4.98 Å². The minimum atomic E-state index is -0.144. The minimum Gasteiger partial charge on any atom is -0.512 e. The van der Waals surface area contributed by atoms with Gasteiger partial charge in [-0.3, -0.25) is 9.78 Å². The molecule has 1 aliphatic rings. The molecular formula is C28H25IrN2O2-. The Kier molecular flexibility index (Phi) is 7.26. The number of aliphatic hydroxyl groups is 1. The van der Waals surface area contributed by atoms with Crippen LogP contribution in [0.15, 0.2) is 78.8 Å². The molecule has 1 radical (unpaired) electrons. The van der Waals surface area contributed by atoms with Crippen molar-refractivity contribution < 1.29 is 30.0 Å². The Hall–Kier alpha value is -3.14. The van der Waals surface area contributed by atoms with E-state index in [9.17, 15) is 4.79 Å². The van der Waals surface area contributed by atoms with Crippen LogP contribution in [-0.4, -0.2) is 20.9 Å². The molecule has 4 nitrogen and oxygen atoms in total. The molecule has 0 aliphatic heterocycles. The number of rotatable bonds is 2. The van der Waals surface area contributed by atoms with Crippen LogP contribution >= 0.6 is 0 Å². The van der Waals surface area contributed by atoms with Crippen LogP contribution in [0.1, 0.15) is 38.8 Å². The Balaban J connectivity index is 0.000000337. The molecule has 1 N–H and O–H groups in total. The van der Waals surface area contributed by atoms with Gasteiger partial charge in [0, 0.05) is 37.2 Å². The molecular weight excluding hydrogens is 589 g/mol. The molecule has 4 aromatic rings. The number of carbonyl (C=O) groups excluding carboxylic acids is 1. The van der Waals surface area contributed by atoms with Crippen molar-refractivity contribution in [2.75, 3.05) is 0 Å². The summed E-state index contributed by atoms with van der Waals surface area (Å²) < 4.78 is 0. The van der Waals surface area contributed by atoms with Crippen molar-refractivity contribution in [3.8, 4) is 22.5 Å². The van der Waals surface area contributed by atoms with Crippen LogP contribution in [0.3, 0.4) is 0 Å². The molecule has 0 atom stereocenters. The first-order chi connectivity index (χ1) is 15.3. The van der Waals surface area contributed by atoms with Gasteiger partial charge in [0.25, 0.3) is 0 Å². The normalized spacial score (nSPS) is 13.3. The van der Waals surface area contributed by atoms with E-state index in [4.69, 9.17) is 5.11 Å². The summed E-state index contributed by atoms with van der Waals surface area (Å²) in [6, 6.07) is 24.4. The standard InChI is InChI=1S/C23H17N2.C5H8O2.Ir/c1-23(2)19-13-17-11-7-6-10-16(17)12-18(19)22-20(23)21(24-14-25-22)15-8-4-3-5-9-15;1-4(6)3-5(2)7;/h3-8,10-14H,1-2H3;3,6H,1-2H3;/q-1;;/b;4-3-;. The zero-order valence-electron chi connectivity index (χ0n) is 19.0. The Morgan fingerprint density at radius 1 is 0.970 bits per heavy atom. The first kappa shape index (κ1) is 24.5. The van der Waals surface area contributed by atoms with Crippen molar-refractivity contribution in [1.82, 2.24) is 9.97 Å². The van der Waals surface area contributed by atoms with Crippen LogP contribution in [0.5, 0.6) is 0 Å². The molecule has 0 spiro atoms. The number of aliphatic hydroxyl groups excluding tert-OH is 1. The molecule has 5 heteroatoms. The number of fused-ring (bicyclic) bond motifs is 4. The Labute approximate surface area is 207 Å². The molecule has 0 bridgehead atoms. The van der Waals surface area contributed by atoms with Crippen molar-refractivity contribution in [2.45, 2.75) is 33.1 Å². The molecule has 33 heavy (non-hydrogen) atoms. The third kappa shape index (κ3) is 4.80. The number of hydrogen-bond donors (Lipinski definition) is 1. The van der Waals surface area contributed by atoms with Gasteiger partial charge < -0.3 is 5.11 Å². The summed E-state index contributed by atoms with van der Waals surface area (Å²) in [6.07, 6.45) is 2.84. The fraction of sp³-hybridized carbons (Fsp3) is 0.179. The second-order valence-electron chi connectivity index (χ2n) is 8.49. The summed E-state index contributed by atoms with van der Waals surface area (Å²) in [5.74, 6) is -0.0625. The summed E-state index contributed by atoms with van der Waals surface area (Å²) in [6.45, 7) is 7.38. The van der Waals surface area contributed by atoms with Crippen LogP contribution in [0.2, 0.25) is 0 Å². The zero-order chi connectivity index (χ0) is 22.9. The van der Waals surface area contributed by atoms with Gasteiger partial charge in [0.2, 0.25) is 0 Å². The van der Waals surface area contributed by atoms with Crippen LogP contribution in [0.4, 0.5) is 0 Å². The van der Waals surface area contributed by atoms with Gasteiger partial charge in [-0.15, -0.1) is 35.9 Å². The summed E-state index contributed by atoms with van der Waals surface area (Å²) in [4.78, 5) is 19.3. The molecule has 1 aliphatic carbocycles. The molecule has 1 aromatic heterocycles. The van der Waals surface area contributed by atoms with E-state index < -0.39 is 0 Å². The maximum absolute atomic E-state index is 10.0. The van der Waals surface area contributed by atoms with E-state index in [1.54, 1.807) is 6.33 Å². The van der Waals surface area contributed by atoms with Gasteiger partial charge in [0.15, 0.2) is 5.78 Å². The first-order valence-corrected chi connectivity index (χ1v) is 10.5. The molecule has 0 saturated heterocycles. The minimum absolute atomic E-state index is 0. The van der Waals surface area contributed by atoms with E-state index in [1.807, 2.05) is 18.2 Å². The molecule has 0 amide bonds. The molecule has 0 saturated carbocycles. The van der Waals surface area contributed by atoms with Gasteiger partial charge in [-0.2, -0.15) is 0 Å². The molecule has 3 aromatic carbocycles. The average Bonchev–Trinajstić information content (AvgIpc) is 2.99. The van der Waals surface area contributed by atoms with Crippen LogP contribution < -0.4 is 0 Å². The predicted octanol–water partition coefficient (Wildman–Crippen LogP) is 6.44. The fourth-order valence-electron chi connectivity index (χ4n) is 4.31. The second kappa shape index (κ2) is 9.78. The van der Waals surface area contributed by atoms with Crippen LogP contribution in [0, 0.1) is 6.07 Å². The SMILES string of the molecule is CC(=O)/C=C(/C)O.CC1(C)c2cc3ccccc3cc2-c2ncnc(-c3[c-]cccc3)c21.[Ir]. The molecule has 0 fully saturated rings. The van der Waals surface area contributed by atoms with E-state index in [0.717, 1.165) is 17.0 Å². The number of allylic oxidation sites excluding steroid dienone is 2. The summed E-state index contributed by atoms with van der Waals surface area (Å²) in [5.41, 5.74) is 6.64. The number of carbonyl (C=O) groups is 1. The van der Waals surface area contributed by atoms with Crippen LogP contribution in [-0.2, 0) is 30.3 Å². The third-order valence-electron chi connectivity index (χ3n) is 5.66. The van der Waals surface area contributed by atoms with Crippen molar-refractivity contribution in [3.05, 3.63) is 96.0 Å². The van der Waals surface area contributed by atoms with E-state index in [0.29, 0.717) is 0 Å². The van der Waals surface area contributed by atoms with Gasteiger partial charge in [0.1, 0.15) is 6.33 Å². The van der Waals surface area contributed by atoms with Gasteiger partial charge in [-0.1, -0.05) is 38.1 Å². The predicted molar refractivity (Wildman–Crippen MR) is 128 cm³/mol. The van der Waals surface area contributed by atoms with Gasteiger partial charge in [-0.05, 0) is 53.6 Å². The van der Waals surface area contributed by atoms with E-state index in [1.165, 1.54) is 47.4 Å². The maximum Gasteiger partial charge on any atom is 0.155 e. The Bertz CT molecular complexity index is 1340. The van der Waals surface area contributed by atoms with E-state index in [-0.39, 0.29) is 37.1 Å². The number of ketones is 1. The average molecular weight is 614 g/mol. The second-order valence-corrected chi connectivity index (χ2v) is 8.49. The zero-order valence-corrected chi connectivity index (χ0v) is 21.4. The Morgan fingerprint density at radius 2 is 1.61 bits per heavy atom. The topological polar surface area (TPSA) is 63.1 Å². The third-order valence-corrected chi connectivity index (χ3v) is 5.66. The summed E-state index contributed by atoms with van der Waals surface area (Å²) in [7, 11) is 0. The number of hydrogen-bond acceptors (Lipinski definition) is 4. The maximum atomic E-state index is 10.0. The molecule has 1 heterocycles. The van der Waals surface area contributed by atoms with E-state index in [2.05, 4.69) is 72.3 Å². The number of nitrogens with zero attached hydrogens (tertiary/aromatic N) is 2. The molecule has 5 rings (SSSR count). The van der Waals surface area contributed by atoms with Crippen molar-refractivity contribution >= 4 is 16.6 Å². The number of aromatic nitrogens is 2. The Morgan fingerprint density at radius 3 is 2.18 bits per heavy atom. The van der Waals surface area contributed by atoms with Gasteiger partial charge >= 0.3 is 0 Å². The summed E-state index contributed by atoms with van der Waals surface area (Å²) >= 11 is 0. The van der Waals surface area contributed by atoms with Crippen molar-refractivity contribution in [2.24, 2.45) is 0 Å². The van der Waals surface area contributed by atoms with Crippen molar-refractivity contribution in [1.29, 1.82) is 0 Å².